The van der Waals surface area contributed by atoms with Crippen LogP contribution in [-0.2, 0) is 4.74 Å². The van der Waals surface area contributed by atoms with Crippen molar-refractivity contribution in [3.63, 3.8) is 0 Å². The lowest BCUT2D eigenvalue weighted by molar-refractivity contribution is 0.149. The molecule has 1 unspecified atom stereocenters. The number of nitrogens with one attached hydrogen (secondary N) is 1. The zero-order chi connectivity index (χ0) is 14.8. The summed E-state index contributed by atoms with van der Waals surface area (Å²) < 4.78 is 5.02. The third-order valence-corrected chi connectivity index (χ3v) is 4.69. The van der Waals surface area contributed by atoms with Crippen molar-refractivity contribution in [2.24, 2.45) is 0 Å². The van der Waals surface area contributed by atoms with Gasteiger partial charge in [0.05, 0.1) is 12.6 Å². The van der Waals surface area contributed by atoms with Crippen LogP contribution in [-0.4, -0.2) is 12.7 Å². The Morgan fingerprint density at radius 2 is 2.00 bits per heavy atom. The second-order valence-electron chi connectivity index (χ2n) is 4.62. The van der Waals surface area contributed by atoms with Crippen LogP contribution >= 0.6 is 23.4 Å². The zero-order valence-corrected chi connectivity index (χ0v) is 13.0. The van der Waals surface area contributed by atoms with Crippen LogP contribution in [0.2, 0.25) is 5.02 Å². The highest BCUT2D eigenvalue weighted by Gasteiger charge is 2.27. The third-order valence-electron chi connectivity index (χ3n) is 3.27. The minimum atomic E-state index is -0.421. The van der Waals surface area contributed by atoms with Crippen LogP contribution in [0.15, 0.2) is 52.3 Å². The minimum Gasteiger partial charge on any atom is -0.450 e. The van der Waals surface area contributed by atoms with Gasteiger partial charge in [-0.15, -0.1) is 0 Å². The third kappa shape index (κ3) is 2.87. The summed E-state index contributed by atoms with van der Waals surface area (Å²) in [5.41, 5.74) is 2.06. The number of halogens is 1. The molecule has 3 rings (SSSR count). The van der Waals surface area contributed by atoms with Crippen LogP contribution < -0.4 is 5.32 Å². The van der Waals surface area contributed by atoms with Gasteiger partial charge in [-0.1, -0.05) is 41.6 Å². The van der Waals surface area contributed by atoms with E-state index in [1.54, 1.807) is 18.7 Å². The molecule has 1 aliphatic heterocycles. The summed E-state index contributed by atoms with van der Waals surface area (Å²) >= 11 is 7.80. The molecule has 5 heteroatoms. The van der Waals surface area contributed by atoms with E-state index in [0.29, 0.717) is 11.6 Å². The van der Waals surface area contributed by atoms with Gasteiger partial charge < -0.3 is 10.1 Å². The van der Waals surface area contributed by atoms with Crippen molar-refractivity contribution in [3.8, 4) is 0 Å². The van der Waals surface area contributed by atoms with Gasteiger partial charge in [0.2, 0.25) is 0 Å². The van der Waals surface area contributed by atoms with E-state index < -0.39 is 6.09 Å². The average molecular weight is 320 g/mol. The van der Waals surface area contributed by atoms with Crippen molar-refractivity contribution in [3.05, 3.63) is 58.6 Å². The number of ether oxygens (including phenoxy) is 1. The highest BCUT2D eigenvalue weighted by Crippen LogP contribution is 2.45. The second kappa shape index (κ2) is 6.00. The first-order valence-electron chi connectivity index (χ1n) is 6.68. The van der Waals surface area contributed by atoms with Crippen molar-refractivity contribution in [1.29, 1.82) is 0 Å². The number of benzene rings is 2. The molecular weight excluding hydrogens is 306 g/mol. The van der Waals surface area contributed by atoms with Crippen molar-refractivity contribution in [2.75, 3.05) is 6.61 Å². The van der Waals surface area contributed by atoms with Crippen LogP contribution in [0.25, 0.3) is 0 Å². The van der Waals surface area contributed by atoms with Crippen LogP contribution in [0, 0.1) is 0 Å². The average Bonchev–Trinajstić information content (AvgIpc) is 2.48. The Hall–Kier alpha value is -1.65. The Kier molecular flexibility index (Phi) is 4.08. The summed E-state index contributed by atoms with van der Waals surface area (Å²) in [6, 6.07) is 13.5. The fourth-order valence-electron chi connectivity index (χ4n) is 2.38. The first-order valence-corrected chi connectivity index (χ1v) is 7.88. The van der Waals surface area contributed by atoms with Crippen LogP contribution in [0.4, 0.5) is 4.79 Å². The maximum atomic E-state index is 11.8. The Morgan fingerprint density at radius 1 is 1.24 bits per heavy atom. The fraction of sp³-hybridized carbons (Fsp3) is 0.188. The Labute approximate surface area is 132 Å². The molecule has 1 aliphatic rings. The van der Waals surface area contributed by atoms with Gasteiger partial charge in [0, 0.05) is 14.8 Å². The van der Waals surface area contributed by atoms with E-state index in [0.717, 1.165) is 20.9 Å². The molecule has 0 fully saturated rings. The first-order chi connectivity index (χ1) is 10.2. The largest absolute Gasteiger partial charge is 0.450 e. The maximum Gasteiger partial charge on any atom is 0.407 e. The van der Waals surface area contributed by atoms with Gasteiger partial charge in [0.25, 0.3) is 0 Å². The molecule has 0 saturated heterocycles. The number of fused-ring (bicyclic) bond motifs is 2. The van der Waals surface area contributed by atoms with Crippen molar-refractivity contribution < 1.29 is 9.53 Å². The molecule has 0 saturated carbocycles. The number of amides is 1. The molecule has 2 aromatic carbocycles. The smallest absolute Gasteiger partial charge is 0.407 e. The van der Waals surface area contributed by atoms with Gasteiger partial charge in [0.1, 0.15) is 0 Å². The summed E-state index contributed by atoms with van der Waals surface area (Å²) in [6.07, 6.45) is -0.421. The fourth-order valence-corrected chi connectivity index (χ4v) is 3.68. The number of hydrogen-bond donors (Lipinski definition) is 1. The lowest BCUT2D eigenvalue weighted by atomic mass is 9.98. The molecule has 0 spiro atoms. The molecule has 3 nitrogen and oxygen atoms in total. The summed E-state index contributed by atoms with van der Waals surface area (Å²) in [7, 11) is 0. The SMILES string of the molecule is CCOC(=O)NC1c2ccccc2Sc2ccc(Cl)cc21. The predicted molar refractivity (Wildman–Crippen MR) is 84.0 cm³/mol. The van der Waals surface area contributed by atoms with E-state index in [1.807, 2.05) is 36.4 Å². The molecule has 1 heterocycles. The van der Waals surface area contributed by atoms with E-state index in [-0.39, 0.29) is 6.04 Å². The van der Waals surface area contributed by atoms with Gasteiger partial charge in [-0.2, -0.15) is 0 Å². The highest BCUT2D eigenvalue weighted by atomic mass is 35.5. The Morgan fingerprint density at radius 3 is 2.81 bits per heavy atom. The van der Waals surface area contributed by atoms with Gasteiger partial charge in [-0.25, -0.2) is 4.79 Å². The number of hydrogen-bond acceptors (Lipinski definition) is 3. The van der Waals surface area contributed by atoms with Gasteiger partial charge in [-0.3, -0.25) is 0 Å². The molecule has 108 valence electrons. The maximum absolute atomic E-state index is 11.8. The summed E-state index contributed by atoms with van der Waals surface area (Å²) in [5, 5.41) is 3.58. The molecule has 0 aliphatic carbocycles. The summed E-state index contributed by atoms with van der Waals surface area (Å²) in [4.78, 5) is 14.1. The number of carbonyl (C=O) groups excluding carboxylic acids is 1. The minimum absolute atomic E-state index is 0.241. The van der Waals surface area contributed by atoms with Crippen molar-refractivity contribution in [1.82, 2.24) is 5.32 Å². The van der Waals surface area contributed by atoms with Gasteiger partial charge in [0.15, 0.2) is 0 Å². The molecular formula is C16H14ClNO2S. The monoisotopic (exact) mass is 319 g/mol. The van der Waals surface area contributed by atoms with E-state index in [2.05, 4.69) is 11.4 Å². The van der Waals surface area contributed by atoms with Crippen molar-refractivity contribution in [2.45, 2.75) is 22.8 Å². The molecule has 2 aromatic rings. The number of alkyl carbamates (subject to hydrolysis) is 1. The van der Waals surface area contributed by atoms with Crippen LogP contribution in [0.1, 0.15) is 24.1 Å². The number of rotatable bonds is 2. The summed E-state index contributed by atoms with van der Waals surface area (Å²) in [6.45, 7) is 2.13. The lowest BCUT2D eigenvalue weighted by Crippen LogP contribution is -2.31. The van der Waals surface area contributed by atoms with Gasteiger partial charge >= 0.3 is 6.09 Å². The summed E-state index contributed by atoms with van der Waals surface area (Å²) in [5.74, 6) is 0. The molecule has 0 aromatic heterocycles. The molecule has 1 atom stereocenters. The zero-order valence-electron chi connectivity index (χ0n) is 11.4. The van der Waals surface area contributed by atoms with E-state index in [9.17, 15) is 4.79 Å². The molecule has 1 N–H and O–H groups in total. The Balaban J connectivity index is 2.04. The first kappa shape index (κ1) is 14.3. The van der Waals surface area contributed by atoms with Gasteiger partial charge in [-0.05, 0) is 42.3 Å². The van der Waals surface area contributed by atoms with Crippen LogP contribution in [0.5, 0.6) is 0 Å². The molecule has 1 amide bonds. The topological polar surface area (TPSA) is 38.3 Å². The van der Waals surface area contributed by atoms with Crippen LogP contribution in [0.3, 0.4) is 0 Å². The van der Waals surface area contributed by atoms with Crippen molar-refractivity contribution >= 4 is 29.5 Å². The van der Waals surface area contributed by atoms with E-state index in [4.69, 9.17) is 16.3 Å². The standard InChI is InChI=1S/C16H14ClNO2S/c1-2-20-16(19)18-15-11-5-3-4-6-13(11)21-14-8-7-10(17)9-12(14)15/h3-9,15H,2H2,1H3,(H,18,19). The second-order valence-corrected chi connectivity index (χ2v) is 6.14. The molecule has 21 heavy (non-hydrogen) atoms. The van der Waals surface area contributed by atoms with E-state index >= 15 is 0 Å². The normalized spacial score (nSPS) is 15.8. The quantitative estimate of drug-likeness (QED) is 0.876. The van der Waals surface area contributed by atoms with E-state index in [1.165, 1.54) is 0 Å². The predicted octanol–water partition coefficient (Wildman–Crippen LogP) is 4.64. The molecule has 0 radical (unpaired) electrons. The molecule has 0 bridgehead atoms. The number of carbonyl (C=O) groups is 1. The highest BCUT2D eigenvalue weighted by molar-refractivity contribution is 7.99. The lowest BCUT2D eigenvalue weighted by Gasteiger charge is -2.28. The Bertz CT molecular complexity index is 690.